The average molecular weight is 395 g/mol. The van der Waals surface area contributed by atoms with Gasteiger partial charge in [-0.2, -0.15) is 0 Å². The first kappa shape index (κ1) is 19.8. The molecule has 1 aliphatic carbocycles. The Morgan fingerprint density at radius 3 is 2.52 bits per heavy atom. The number of fused-ring (bicyclic) bond motifs is 1. The van der Waals surface area contributed by atoms with Crippen LogP contribution in [-0.4, -0.2) is 58.9 Å². The molecule has 1 atom stereocenters. The van der Waals surface area contributed by atoms with Gasteiger partial charge in [-0.15, -0.1) is 0 Å². The van der Waals surface area contributed by atoms with E-state index in [0.717, 1.165) is 55.6 Å². The molecule has 1 fully saturated rings. The SMILES string of the molecule is CN1CCC(N(C)C(=O)C2CCc3nc(-c4ccccc4)[nH]c(=O)c3CC2)CC1. The summed E-state index contributed by atoms with van der Waals surface area (Å²) in [4.78, 5) is 37.8. The van der Waals surface area contributed by atoms with Gasteiger partial charge in [-0.3, -0.25) is 9.59 Å². The van der Waals surface area contributed by atoms with E-state index in [1.807, 2.05) is 42.3 Å². The lowest BCUT2D eigenvalue weighted by Gasteiger charge is -2.36. The molecule has 1 amide bonds. The minimum Gasteiger partial charge on any atom is -0.342 e. The van der Waals surface area contributed by atoms with E-state index in [1.54, 1.807) is 0 Å². The number of H-pyrrole nitrogens is 1. The van der Waals surface area contributed by atoms with Crippen LogP contribution in [0.25, 0.3) is 11.4 Å². The molecular formula is C23H30N4O2. The summed E-state index contributed by atoms with van der Waals surface area (Å²) in [5.74, 6) is 0.808. The summed E-state index contributed by atoms with van der Waals surface area (Å²) in [5.41, 5.74) is 2.45. The van der Waals surface area contributed by atoms with Crippen molar-refractivity contribution in [1.29, 1.82) is 0 Å². The first-order valence-electron chi connectivity index (χ1n) is 10.7. The zero-order valence-corrected chi connectivity index (χ0v) is 17.4. The van der Waals surface area contributed by atoms with Crippen molar-refractivity contribution in [2.24, 2.45) is 5.92 Å². The Morgan fingerprint density at radius 1 is 1.10 bits per heavy atom. The van der Waals surface area contributed by atoms with Crippen molar-refractivity contribution in [3.05, 3.63) is 51.9 Å². The van der Waals surface area contributed by atoms with Crippen LogP contribution in [0, 0.1) is 5.92 Å². The van der Waals surface area contributed by atoms with Crippen LogP contribution in [-0.2, 0) is 17.6 Å². The van der Waals surface area contributed by atoms with Gasteiger partial charge < -0.3 is 14.8 Å². The number of carbonyl (C=O) groups is 1. The molecular weight excluding hydrogens is 364 g/mol. The summed E-state index contributed by atoms with van der Waals surface area (Å²) < 4.78 is 0. The van der Waals surface area contributed by atoms with Crippen molar-refractivity contribution in [2.75, 3.05) is 27.2 Å². The van der Waals surface area contributed by atoms with Gasteiger partial charge in [-0.05, 0) is 58.7 Å². The van der Waals surface area contributed by atoms with E-state index >= 15 is 0 Å². The molecule has 4 rings (SSSR count). The maximum atomic E-state index is 13.2. The lowest BCUT2D eigenvalue weighted by Crippen LogP contribution is -2.46. The summed E-state index contributed by atoms with van der Waals surface area (Å²) >= 11 is 0. The molecule has 1 saturated heterocycles. The first-order valence-corrected chi connectivity index (χ1v) is 10.7. The monoisotopic (exact) mass is 394 g/mol. The van der Waals surface area contributed by atoms with Crippen molar-refractivity contribution in [3.8, 4) is 11.4 Å². The molecule has 2 heterocycles. The molecule has 0 radical (unpaired) electrons. The summed E-state index contributed by atoms with van der Waals surface area (Å²) in [6.45, 7) is 2.08. The molecule has 0 bridgehead atoms. The van der Waals surface area contributed by atoms with Crippen LogP contribution in [0.1, 0.15) is 36.9 Å². The Hall–Kier alpha value is -2.47. The highest BCUT2D eigenvalue weighted by Crippen LogP contribution is 2.26. The molecule has 1 unspecified atom stereocenters. The minimum absolute atomic E-state index is 0.0339. The summed E-state index contributed by atoms with van der Waals surface area (Å²) in [6.07, 6.45) is 4.84. The van der Waals surface area contributed by atoms with Crippen LogP contribution in [0.2, 0.25) is 0 Å². The molecule has 154 valence electrons. The predicted octanol–water partition coefficient (Wildman–Crippen LogP) is 2.48. The van der Waals surface area contributed by atoms with E-state index in [1.165, 1.54) is 0 Å². The molecule has 1 aliphatic heterocycles. The summed E-state index contributed by atoms with van der Waals surface area (Å²) in [6, 6.07) is 10.1. The average Bonchev–Trinajstić information content (AvgIpc) is 2.97. The van der Waals surface area contributed by atoms with Crippen LogP contribution in [0.3, 0.4) is 0 Å². The van der Waals surface area contributed by atoms with Crippen LogP contribution in [0.15, 0.2) is 35.1 Å². The molecule has 2 aromatic rings. The number of benzene rings is 1. The topological polar surface area (TPSA) is 69.3 Å². The van der Waals surface area contributed by atoms with Gasteiger partial charge in [0.25, 0.3) is 5.56 Å². The lowest BCUT2D eigenvalue weighted by molar-refractivity contribution is -0.137. The van der Waals surface area contributed by atoms with Gasteiger partial charge >= 0.3 is 0 Å². The van der Waals surface area contributed by atoms with Crippen molar-refractivity contribution in [3.63, 3.8) is 0 Å². The number of rotatable bonds is 3. The largest absolute Gasteiger partial charge is 0.342 e. The number of amides is 1. The first-order chi connectivity index (χ1) is 14.0. The van der Waals surface area contributed by atoms with Gasteiger partial charge in [0.15, 0.2) is 0 Å². The fourth-order valence-corrected chi connectivity index (χ4v) is 4.61. The van der Waals surface area contributed by atoms with Crippen molar-refractivity contribution in [2.45, 2.75) is 44.6 Å². The van der Waals surface area contributed by atoms with E-state index in [9.17, 15) is 9.59 Å². The van der Waals surface area contributed by atoms with E-state index in [0.29, 0.717) is 24.7 Å². The second-order valence-corrected chi connectivity index (χ2v) is 8.46. The smallest absolute Gasteiger partial charge is 0.254 e. The second-order valence-electron chi connectivity index (χ2n) is 8.46. The summed E-state index contributed by atoms with van der Waals surface area (Å²) in [7, 11) is 4.09. The number of carbonyl (C=O) groups excluding carboxylic acids is 1. The van der Waals surface area contributed by atoms with Gasteiger partial charge in [-0.25, -0.2) is 4.98 Å². The van der Waals surface area contributed by atoms with Gasteiger partial charge in [0.2, 0.25) is 5.91 Å². The Labute approximate surface area is 172 Å². The lowest BCUT2D eigenvalue weighted by atomic mass is 9.96. The molecule has 1 aromatic heterocycles. The van der Waals surface area contributed by atoms with E-state index in [4.69, 9.17) is 4.98 Å². The van der Waals surface area contributed by atoms with Crippen LogP contribution in [0.4, 0.5) is 0 Å². The Balaban J connectivity index is 1.48. The number of nitrogens with one attached hydrogen (secondary N) is 1. The fourth-order valence-electron chi connectivity index (χ4n) is 4.61. The van der Waals surface area contributed by atoms with Crippen molar-refractivity contribution < 1.29 is 4.79 Å². The Kier molecular flexibility index (Phi) is 5.81. The standard InChI is InChI=1S/C23H30N4O2/c1-26-14-12-18(13-15-26)27(2)23(29)17-8-10-19-20(11-9-17)24-21(25-22(19)28)16-6-4-3-5-7-16/h3-7,17-18H,8-15H2,1-2H3,(H,24,25,28). The van der Waals surface area contributed by atoms with E-state index in [2.05, 4.69) is 16.9 Å². The molecule has 29 heavy (non-hydrogen) atoms. The zero-order valence-electron chi connectivity index (χ0n) is 17.4. The van der Waals surface area contributed by atoms with Crippen LogP contribution < -0.4 is 5.56 Å². The molecule has 1 aromatic carbocycles. The normalized spacial score (nSPS) is 20.7. The maximum absolute atomic E-state index is 13.2. The fraction of sp³-hybridized carbons (Fsp3) is 0.522. The highest BCUT2D eigenvalue weighted by atomic mass is 16.2. The molecule has 2 aliphatic rings. The maximum Gasteiger partial charge on any atom is 0.254 e. The number of aromatic nitrogens is 2. The molecule has 6 heteroatoms. The molecule has 0 spiro atoms. The number of hydrogen-bond acceptors (Lipinski definition) is 4. The Morgan fingerprint density at radius 2 is 1.79 bits per heavy atom. The highest BCUT2D eigenvalue weighted by molar-refractivity contribution is 5.79. The number of hydrogen-bond donors (Lipinski definition) is 1. The molecule has 6 nitrogen and oxygen atoms in total. The third-order valence-corrected chi connectivity index (χ3v) is 6.55. The number of likely N-dealkylation sites (tertiary alicyclic amines) is 1. The number of aryl methyl sites for hydroxylation is 1. The number of aromatic amines is 1. The zero-order chi connectivity index (χ0) is 20.4. The summed E-state index contributed by atoms with van der Waals surface area (Å²) in [5, 5.41) is 0. The Bertz CT molecular complexity index is 916. The van der Waals surface area contributed by atoms with Crippen LogP contribution >= 0.6 is 0 Å². The second kappa shape index (κ2) is 8.49. The van der Waals surface area contributed by atoms with E-state index in [-0.39, 0.29) is 17.4 Å². The van der Waals surface area contributed by atoms with Gasteiger partial charge in [0, 0.05) is 30.1 Å². The van der Waals surface area contributed by atoms with Gasteiger partial charge in [0.05, 0.1) is 5.69 Å². The van der Waals surface area contributed by atoms with Gasteiger partial charge in [0.1, 0.15) is 5.82 Å². The number of nitrogens with zero attached hydrogens (tertiary/aromatic N) is 3. The molecule has 1 N–H and O–H groups in total. The quantitative estimate of drug-likeness (QED) is 0.812. The molecule has 0 saturated carbocycles. The number of piperidine rings is 1. The predicted molar refractivity (Wildman–Crippen MR) is 114 cm³/mol. The van der Waals surface area contributed by atoms with Crippen molar-refractivity contribution in [1.82, 2.24) is 19.8 Å². The third kappa shape index (κ3) is 4.27. The van der Waals surface area contributed by atoms with E-state index < -0.39 is 0 Å². The third-order valence-electron chi connectivity index (χ3n) is 6.55. The van der Waals surface area contributed by atoms with Crippen molar-refractivity contribution >= 4 is 5.91 Å². The highest BCUT2D eigenvalue weighted by Gasteiger charge is 2.31. The minimum atomic E-state index is -0.0642. The van der Waals surface area contributed by atoms with Gasteiger partial charge in [-0.1, -0.05) is 30.3 Å². The van der Waals surface area contributed by atoms with Crippen LogP contribution in [0.5, 0.6) is 0 Å².